The summed E-state index contributed by atoms with van der Waals surface area (Å²) >= 11 is 1.51. The Kier molecular flexibility index (Phi) is 4.06. The molecule has 0 amide bonds. The first-order valence-electron chi connectivity index (χ1n) is 6.99. The summed E-state index contributed by atoms with van der Waals surface area (Å²) in [4.78, 5) is 0. The average molecular weight is 315 g/mol. The number of hydrogen-bond acceptors (Lipinski definition) is 6. The van der Waals surface area contributed by atoms with Gasteiger partial charge in [-0.2, -0.15) is 5.10 Å². The van der Waals surface area contributed by atoms with Crippen LogP contribution in [0.4, 0.5) is 10.8 Å². The fraction of sp³-hybridized carbons (Fsp3) is 0.267. The summed E-state index contributed by atoms with van der Waals surface area (Å²) in [6.07, 6.45) is 1.79. The molecule has 0 unspecified atom stereocenters. The quantitative estimate of drug-likeness (QED) is 0.782. The van der Waals surface area contributed by atoms with Gasteiger partial charge in [-0.3, -0.25) is 4.68 Å². The Hall–Kier alpha value is -2.41. The lowest BCUT2D eigenvalue weighted by Crippen LogP contribution is -1.95. The summed E-state index contributed by atoms with van der Waals surface area (Å²) in [5.74, 6) is 0.861. The maximum atomic E-state index is 5.44. The van der Waals surface area contributed by atoms with E-state index in [2.05, 4.69) is 20.6 Å². The second kappa shape index (κ2) is 6.15. The highest BCUT2D eigenvalue weighted by molar-refractivity contribution is 7.18. The van der Waals surface area contributed by atoms with Crippen LogP contribution in [0, 0.1) is 6.92 Å². The molecule has 3 aromatic rings. The molecule has 6 nitrogen and oxygen atoms in total. The summed E-state index contributed by atoms with van der Waals surface area (Å²) in [5.41, 5.74) is 3.02. The van der Waals surface area contributed by atoms with Crippen molar-refractivity contribution in [1.29, 1.82) is 0 Å². The van der Waals surface area contributed by atoms with Crippen LogP contribution >= 0.6 is 11.3 Å². The Morgan fingerprint density at radius 2 is 2.00 bits per heavy atom. The Morgan fingerprint density at radius 3 is 2.64 bits per heavy atom. The van der Waals surface area contributed by atoms with Crippen LogP contribution in [0.15, 0.2) is 30.5 Å². The number of rotatable bonds is 5. The summed E-state index contributed by atoms with van der Waals surface area (Å²) in [6, 6.07) is 7.87. The maximum absolute atomic E-state index is 5.44. The molecule has 7 heteroatoms. The molecule has 22 heavy (non-hydrogen) atoms. The second-order valence-corrected chi connectivity index (χ2v) is 5.74. The monoisotopic (exact) mass is 315 g/mol. The minimum absolute atomic E-state index is 0.663. The molecule has 0 fully saturated rings. The maximum Gasteiger partial charge on any atom is 0.210 e. The lowest BCUT2D eigenvalue weighted by molar-refractivity contribution is 0.340. The van der Waals surface area contributed by atoms with Crippen LogP contribution in [0.3, 0.4) is 0 Å². The molecular weight excluding hydrogens is 298 g/mol. The van der Waals surface area contributed by atoms with E-state index >= 15 is 0 Å². The zero-order valence-electron chi connectivity index (χ0n) is 12.7. The number of anilines is 2. The minimum Gasteiger partial charge on any atom is -0.494 e. The third-order valence-electron chi connectivity index (χ3n) is 3.31. The highest BCUT2D eigenvalue weighted by Gasteiger charge is 2.10. The molecule has 0 spiro atoms. The van der Waals surface area contributed by atoms with Gasteiger partial charge in [-0.1, -0.05) is 11.3 Å². The molecule has 0 radical (unpaired) electrons. The van der Waals surface area contributed by atoms with Crippen molar-refractivity contribution in [2.24, 2.45) is 7.05 Å². The summed E-state index contributed by atoms with van der Waals surface area (Å²) in [5, 5.41) is 17.5. The van der Waals surface area contributed by atoms with Crippen molar-refractivity contribution >= 4 is 22.2 Å². The number of benzene rings is 1. The first-order valence-corrected chi connectivity index (χ1v) is 7.81. The predicted molar refractivity (Wildman–Crippen MR) is 87.7 cm³/mol. The van der Waals surface area contributed by atoms with Gasteiger partial charge in [0.1, 0.15) is 10.8 Å². The zero-order chi connectivity index (χ0) is 15.5. The number of hydrogen-bond donors (Lipinski definition) is 1. The van der Waals surface area contributed by atoms with Crippen molar-refractivity contribution in [3.8, 4) is 16.3 Å². The van der Waals surface area contributed by atoms with E-state index in [-0.39, 0.29) is 0 Å². The predicted octanol–water partition coefficient (Wildman–Crippen LogP) is 3.39. The van der Waals surface area contributed by atoms with Crippen molar-refractivity contribution in [3.63, 3.8) is 0 Å². The van der Waals surface area contributed by atoms with Gasteiger partial charge in [0.05, 0.1) is 24.2 Å². The summed E-state index contributed by atoms with van der Waals surface area (Å²) in [6.45, 7) is 4.64. The molecule has 0 aliphatic heterocycles. The largest absolute Gasteiger partial charge is 0.494 e. The topological polar surface area (TPSA) is 64.9 Å². The number of aryl methyl sites for hydroxylation is 1. The molecule has 0 saturated carbocycles. The number of ether oxygens (including phenoxy) is 1. The van der Waals surface area contributed by atoms with Crippen LogP contribution < -0.4 is 10.1 Å². The van der Waals surface area contributed by atoms with E-state index in [0.717, 1.165) is 32.8 Å². The summed E-state index contributed by atoms with van der Waals surface area (Å²) in [7, 11) is 1.91. The molecule has 1 aromatic carbocycles. The van der Waals surface area contributed by atoms with Gasteiger partial charge in [0.15, 0.2) is 0 Å². The lowest BCUT2D eigenvalue weighted by Gasteiger charge is -2.02. The first-order chi connectivity index (χ1) is 10.7. The van der Waals surface area contributed by atoms with Crippen LogP contribution in [0.5, 0.6) is 5.75 Å². The standard InChI is InChI=1S/C15H17N5OS/c1-4-21-12-7-5-11(6-8-12)14-18-19-15(22-14)17-13-9-16-20(3)10(13)2/h5-9H,4H2,1-3H3,(H,17,19). The minimum atomic E-state index is 0.663. The van der Waals surface area contributed by atoms with E-state index in [4.69, 9.17) is 4.74 Å². The normalized spacial score (nSPS) is 10.7. The zero-order valence-corrected chi connectivity index (χ0v) is 13.5. The Labute approximate surface area is 132 Å². The molecule has 2 aromatic heterocycles. The van der Waals surface area contributed by atoms with Gasteiger partial charge in [0.2, 0.25) is 5.13 Å². The lowest BCUT2D eigenvalue weighted by atomic mass is 10.2. The van der Waals surface area contributed by atoms with Crippen LogP contribution in [-0.2, 0) is 7.05 Å². The third kappa shape index (κ3) is 2.94. The number of aromatic nitrogens is 4. The molecule has 114 valence electrons. The van der Waals surface area contributed by atoms with Crippen molar-refractivity contribution in [2.75, 3.05) is 11.9 Å². The average Bonchev–Trinajstić information content (AvgIpc) is 3.11. The van der Waals surface area contributed by atoms with Gasteiger partial charge in [-0.05, 0) is 38.1 Å². The van der Waals surface area contributed by atoms with Crippen LogP contribution in [0.2, 0.25) is 0 Å². The van der Waals surface area contributed by atoms with Crippen molar-refractivity contribution in [3.05, 3.63) is 36.2 Å². The Balaban J connectivity index is 1.77. The molecule has 2 heterocycles. The van der Waals surface area contributed by atoms with Gasteiger partial charge in [0, 0.05) is 12.6 Å². The van der Waals surface area contributed by atoms with Crippen LogP contribution in [0.25, 0.3) is 10.6 Å². The van der Waals surface area contributed by atoms with Gasteiger partial charge in [-0.15, -0.1) is 10.2 Å². The van der Waals surface area contributed by atoms with Crippen molar-refractivity contribution in [1.82, 2.24) is 20.0 Å². The van der Waals surface area contributed by atoms with E-state index in [1.807, 2.05) is 49.8 Å². The summed E-state index contributed by atoms with van der Waals surface area (Å²) < 4.78 is 7.26. The van der Waals surface area contributed by atoms with Crippen molar-refractivity contribution in [2.45, 2.75) is 13.8 Å². The number of nitrogens with zero attached hydrogens (tertiary/aromatic N) is 4. The molecule has 0 aliphatic rings. The fourth-order valence-corrected chi connectivity index (χ4v) is 2.75. The molecule has 1 N–H and O–H groups in total. The smallest absolute Gasteiger partial charge is 0.210 e. The van der Waals surface area contributed by atoms with E-state index in [1.54, 1.807) is 6.20 Å². The third-order valence-corrected chi connectivity index (χ3v) is 4.20. The molecular formula is C15H17N5OS. The first kappa shape index (κ1) is 14.5. The van der Waals surface area contributed by atoms with E-state index in [1.165, 1.54) is 11.3 Å². The highest BCUT2D eigenvalue weighted by Crippen LogP contribution is 2.30. The van der Waals surface area contributed by atoms with Crippen LogP contribution in [0.1, 0.15) is 12.6 Å². The second-order valence-electron chi connectivity index (χ2n) is 4.76. The molecule has 0 saturated heterocycles. The van der Waals surface area contributed by atoms with Crippen LogP contribution in [-0.4, -0.2) is 26.6 Å². The highest BCUT2D eigenvalue weighted by atomic mass is 32.1. The van der Waals surface area contributed by atoms with Gasteiger partial charge in [-0.25, -0.2) is 0 Å². The fourth-order valence-electron chi connectivity index (χ4n) is 1.99. The van der Waals surface area contributed by atoms with E-state index in [0.29, 0.717) is 6.61 Å². The van der Waals surface area contributed by atoms with Gasteiger partial charge >= 0.3 is 0 Å². The molecule has 0 aliphatic carbocycles. The van der Waals surface area contributed by atoms with Gasteiger partial charge in [0.25, 0.3) is 0 Å². The van der Waals surface area contributed by atoms with E-state index < -0.39 is 0 Å². The Bertz CT molecular complexity index is 763. The Morgan fingerprint density at radius 1 is 1.23 bits per heavy atom. The SMILES string of the molecule is CCOc1ccc(-c2nnc(Nc3cnn(C)c3C)s2)cc1. The molecule has 0 atom stereocenters. The molecule has 3 rings (SSSR count). The molecule has 0 bridgehead atoms. The number of nitrogens with one attached hydrogen (secondary N) is 1. The van der Waals surface area contributed by atoms with E-state index in [9.17, 15) is 0 Å². The van der Waals surface area contributed by atoms with Crippen molar-refractivity contribution < 1.29 is 4.74 Å². The van der Waals surface area contributed by atoms with Gasteiger partial charge < -0.3 is 10.1 Å².